The van der Waals surface area contributed by atoms with Crippen LogP contribution in [0.3, 0.4) is 0 Å². The highest BCUT2D eigenvalue weighted by molar-refractivity contribution is 7.16. The van der Waals surface area contributed by atoms with Crippen LogP contribution in [0.2, 0.25) is 0 Å². The van der Waals surface area contributed by atoms with Crippen LogP contribution >= 0.6 is 11.3 Å². The lowest BCUT2D eigenvalue weighted by Crippen LogP contribution is -2.38. The van der Waals surface area contributed by atoms with E-state index in [4.69, 9.17) is 0 Å². The zero-order valence-corrected chi connectivity index (χ0v) is 23.3. The molecule has 38 heavy (non-hydrogen) atoms. The van der Waals surface area contributed by atoms with Gasteiger partial charge < -0.3 is 20.4 Å². The summed E-state index contributed by atoms with van der Waals surface area (Å²) in [5.74, 6) is -0.104. The number of rotatable bonds is 10. The summed E-state index contributed by atoms with van der Waals surface area (Å²) in [5.41, 5.74) is 5.57. The minimum absolute atomic E-state index is 0.0254. The molecule has 2 heterocycles. The Kier molecular flexibility index (Phi) is 8.91. The summed E-state index contributed by atoms with van der Waals surface area (Å²) in [4.78, 5) is 46.6. The van der Waals surface area contributed by atoms with Gasteiger partial charge in [0.1, 0.15) is 0 Å². The Hall–Kier alpha value is -3.56. The summed E-state index contributed by atoms with van der Waals surface area (Å²) in [5, 5.41) is 6.53. The van der Waals surface area contributed by atoms with Gasteiger partial charge in [-0.1, -0.05) is 31.2 Å². The number of nitrogens with zero attached hydrogens (tertiary/aromatic N) is 3. The molecular weight excluding hydrogens is 498 g/mol. The Morgan fingerprint density at radius 1 is 1.11 bits per heavy atom. The van der Waals surface area contributed by atoms with E-state index in [2.05, 4.69) is 21.7 Å². The number of hydrogen-bond donors (Lipinski definition) is 2. The van der Waals surface area contributed by atoms with E-state index in [0.717, 1.165) is 51.4 Å². The van der Waals surface area contributed by atoms with Gasteiger partial charge in [0.25, 0.3) is 5.91 Å². The highest BCUT2D eigenvalue weighted by Crippen LogP contribution is 2.36. The zero-order chi connectivity index (χ0) is 27.2. The van der Waals surface area contributed by atoms with Crippen LogP contribution in [0, 0.1) is 13.8 Å². The van der Waals surface area contributed by atoms with Crippen molar-refractivity contribution in [3.05, 3.63) is 64.0 Å². The third-order valence-corrected chi connectivity index (χ3v) is 7.58. The molecule has 0 fully saturated rings. The number of benzene rings is 2. The lowest BCUT2D eigenvalue weighted by Gasteiger charge is -2.20. The largest absolute Gasteiger partial charge is 0.342 e. The topological polar surface area (TPSA) is 94.6 Å². The molecule has 2 aromatic carbocycles. The standard InChI is InChI=1S/C29H35N5O3S/c1-5-14-33(21(4)35)16-13-30-18-26(36)31-29-32-27(20(3)38-29)23-10-11-25-22(17-23)12-15-34(25)28(37)24-9-7-6-8-19(24)2/h6-11,17,30H,5,12-16,18H2,1-4H3,(H,31,32,36). The highest BCUT2D eigenvalue weighted by Gasteiger charge is 2.27. The van der Waals surface area contributed by atoms with E-state index in [9.17, 15) is 14.4 Å². The third-order valence-electron chi connectivity index (χ3n) is 6.69. The number of amides is 3. The van der Waals surface area contributed by atoms with Gasteiger partial charge in [-0.2, -0.15) is 0 Å². The van der Waals surface area contributed by atoms with Crippen molar-refractivity contribution in [2.75, 3.05) is 42.9 Å². The molecular formula is C29H35N5O3S. The summed E-state index contributed by atoms with van der Waals surface area (Å²) >= 11 is 1.44. The molecule has 0 atom stereocenters. The minimum Gasteiger partial charge on any atom is -0.342 e. The van der Waals surface area contributed by atoms with Crippen LogP contribution in [0.5, 0.6) is 0 Å². The van der Waals surface area contributed by atoms with Crippen LogP contribution < -0.4 is 15.5 Å². The van der Waals surface area contributed by atoms with E-state index in [-0.39, 0.29) is 24.3 Å². The van der Waals surface area contributed by atoms with E-state index in [1.165, 1.54) is 11.3 Å². The maximum atomic E-state index is 13.2. The molecule has 0 bridgehead atoms. The lowest BCUT2D eigenvalue weighted by atomic mass is 10.0. The molecule has 0 radical (unpaired) electrons. The van der Waals surface area contributed by atoms with Gasteiger partial charge in [-0.3, -0.25) is 14.4 Å². The van der Waals surface area contributed by atoms with Crippen molar-refractivity contribution in [3.63, 3.8) is 0 Å². The fraction of sp³-hybridized carbons (Fsp3) is 0.379. The minimum atomic E-state index is -0.172. The molecule has 3 amide bonds. The van der Waals surface area contributed by atoms with Crippen molar-refractivity contribution >= 4 is 39.9 Å². The highest BCUT2D eigenvalue weighted by atomic mass is 32.1. The second-order valence-electron chi connectivity index (χ2n) is 9.52. The van der Waals surface area contributed by atoms with Crippen molar-refractivity contribution in [1.82, 2.24) is 15.2 Å². The summed E-state index contributed by atoms with van der Waals surface area (Å²) < 4.78 is 0. The van der Waals surface area contributed by atoms with Crippen molar-refractivity contribution in [3.8, 4) is 11.3 Å². The first-order valence-electron chi connectivity index (χ1n) is 13.0. The maximum absolute atomic E-state index is 13.2. The van der Waals surface area contributed by atoms with Crippen molar-refractivity contribution in [2.24, 2.45) is 0 Å². The van der Waals surface area contributed by atoms with E-state index < -0.39 is 0 Å². The molecule has 1 aliphatic rings. The number of carbonyl (C=O) groups excluding carboxylic acids is 3. The average Bonchev–Trinajstić information content (AvgIpc) is 3.48. The number of nitrogens with one attached hydrogen (secondary N) is 2. The summed E-state index contributed by atoms with van der Waals surface area (Å²) in [7, 11) is 0. The molecule has 2 N–H and O–H groups in total. The van der Waals surface area contributed by atoms with E-state index in [1.54, 1.807) is 11.8 Å². The quantitative estimate of drug-likeness (QED) is 0.377. The number of anilines is 2. The summed E-state index contributed by atoms with van der Waals surface area (Å²) in [6, 6.07) is 13.8. The molecule has 1 aliphatic heterocycles. The SMILES string of the molecule is CCCN(CCNCC(=O)Nc1nc(-c2ccc3c(c2)CCN3C(=O)c2ccccc2C)c(C)s1)C(C)=O. The number of fused-ring (bicyclic) bond motifs is 1. The Bertz CT molecular complexity index is 1340. The number of aromatic nitrogens is 1. The van der Waals surface area contributed by atoms with E-state index >= 15 is 0 Å². The van der Waals surface area contributed by atoms with Gasteiger partial charge in [0, 0.05) is 54.8 Å². The molecule has 8 nitrogen and oxygen atoms in total. The molecule has 0 aliphatic carbocycles. The fourth-order valence-electron chi connectivity index (χ4n) is 4.71. The summed E-state index contributed by atoms with van der Waals surface area (Å²) in [6.45, 7) is 10.2. The first-order chi connectivity index (χ1) is 18.3. The lowest BCUT2D eigenvalue weighted by molar-refractivity contribution is -0.128. The van der Waals surface area contributed by atoms with Gasteiger partial charge in [-0.05, 0) is 56.0 Å². The van der Waals surface area contributed by atoms with Gasteiger partial charge in [0.15, 0.2) is 5.13 Å². The second-order valence-corrected chi connectivity index (χ2v) is 10.7. The predicted octanol–water partition coefficient (Wildman–Crippen LogP) is 4.42. The van der Waals surface area contributed by atoms with Gasteiger partial charge in [-0.15, -0.1) is 11.3 Å². The number of thiazole rings is 1. The smallest absolute Gasteiger partial charge is 0.258 e. The number of hydrogen-bond acceptors (Lipinski definition) is 6. The molecule has 3 aromatic rings. The maximum Gasteiger partial charge on any atom is 0.258 e. The second kappa shape index (κ2) is 12.3. The molecule has 0 spiro atoms. The molecule has 200 valence electrons. The average molecular weight is 534 g/mol. The number of aryl methyl sites for hydroxylation is 2. The van der Waals surface area contributed by atoms with Crippen LogP contribution in [0.15, 0.2) is 42.5 Å². The first kappa shape index (κ1) is 27.5. The molecule has 1 aromatic heterocycles. The third kappa shape index (κ3) is 6.28. The van der Waals surface area contributed by atoms with Gasteiger partial charge >= 0.3 is 0 Å². The number of carbonyl (C=O) groups is 3. The Morgan fingerprint density at radius 3 is 2.63 bits per heavy atom. The molecule has 4 rings (SSSR count). The van der Waals surface area contributed by atoms with Crippen molar-refractivity contribution in [1.29, 1.82) is 0 Å². The van der Waals surface area contributed by atoms with Crippen LogP contribution in [-0.2, 0) is 16.0 Å². The van der Waals surface area contributed by atoms with Crippen LogP contribution in [0.25, 0.3) is 11.3 Å². The van der Waals surface area contributed by atoms with Crippen LogP contribution in [0.4, 0.5) is 10.8 Å². The first-order valence-corrected chi connectivity index (χ1v) is 13.8. The Balaban J connectivity index is 1.37. The molecule has 0 saturated heterocycles. The predicted molar refractivity (Wildman–Crippen MR) is 153 cm³/mol. The van der Waals surface area contributed by atoms with E-state index in [1.807, 2.05) is 62.1 Å². The summed E-state index contributed by atoms with van der Waals surface area (Å²) in [6.07, 6.45) is 1.69. The fourth-order valence-corrected chi connectivity index (χ4v) is 5.56. The normalized spacial score (nSPS) is 12.4. The van der Waals surface area contributed by atoms with Gasteiger partial charge in [0.2, 0.25) is 11.8 Å². The van der Waals surface area contributed by atoms with Gasteiger partial charge in [-0.25, -0.2) is 4.98 Å². The Labute approximate surface area is 228 Å². The van der Waals surface area contributed by atoms with Crippen molar-refractivity contribution < 1.29 is 14.4 Å². The zero-order valence-electron chi connectivity index (χ0n) is 22.5. The van der Waals surface area contributed by atoms with Crippen LogP contribution in [0.1, 0.15) is 46.6 Å². The monoisotopic (exact) mass is 533 g/mol. The molecule has 0 unspecified atom stereocenters. The molecule has 0 saturated carbocycles. The van der Waals surface area contributed by atoms with E-state index in [0.29, 0.717) is 31.3 Å². The van der Waals surface area contributed by atoms with Crippen molar-refractivity contribution in [2.45, 2.75) is 40.5 Å². The van der Waals surface area contributed by atoms with Crippen LogP contribution in [-0.4, -0.2) is 60.3 Å². The Morgan fingerprint density at radius 2 is 1.89 bits per heavy atom. The van der Waals surface area contributed by atoms with Gasteiger partial charge in [0.05, 0.1) is 12.2 Å². The molecule has 9 heteroatoms.